The lowest BCUT2D eigenvalue weighted by atomic mass is 10.0. The maximum absolute atomic E-state index is 13.8. The number of rotatable bonds is 8. The molecule has 1 aliphatic heterocycles. The minimum absolute atomic E-state index is 0.119. The Morgan fingerprint density at radius 3 is 2.32 bits per heavy atom. The van der Waals surface area contributed by atoms with Crippen LogP contribution in [0.5, 0.6) is 5.75 Å². The molecule has 1 fully saturated rings. The second kappa shape index (κ2) is 12.0. The highest BCUT2D eigenvalue weighted by molar-refractivity contribution is 8.05. The fourth-order valence-corrected chi connectivity index (χ4v) is 5.60. The Balaban J connectivity index is 1.72. The number of amides is 2. The van der Waals surface area contributed by atoms with Gasteiger partial charge in [-0.05, 0) is 59.7 Å². The molecule has 2 amide bonds. The fraction of sp³-hybridized carbons (Fsp3) is 0.258. The smallest absolute Gasteiger partial charge is 0.269 e. The molecule has 1 N–H and O–H groups in total. The van der Waals surface area contributed by atoms with Crippen molar-refractivity contribution in [3.05, 3.63) is 100 Å². The van der Waals surface area contributed by atoms with E-state index in [1.54, 1.807) is 24.3 Å². The Morgan fingerprint density at radius 2 is 1.71 bits per heavy atom. The van der Waals surface area contributed by atoms with Gasteiger partial charge >= 0.3 is 0 Å². The van der Waals surface area contributed by atoms with E-state index in [-0.39, 0.29) is 11.5 Å². The first kappa shape index (κ1) is 27.0. The summed E-state index contributed by atoms with van der Waals surface area (Å²) >= 11 is 1.26. The highest BCUT2D eigenvalue weighted by Crippen LogP contribution is 2.42. The number of carbonyl (C=O) groups is 2. The van der Waals surface area contributed by atoms with Gasteiger partial charge in [0.1, 0.15) is 22.4 Å². The SMILES string of the molecule is CCc1ccc(CC2S/C(=C(/C#N)C(=O)Nc3ccccc3OC)N(c3ccc(C(C)C)cc3)C2=O)cc1. The maximum Gasteiger partial charge on any atom is 0.269 e. The normalized spacial score (nSPS) is 16.4. The first-order chi connectivity index (χ1) is 18.4. The molecule has 1 atom stereocenters. The van der Waals surface area contributed by atoms with Gasteiger partial charge in [0.15, 0.2) is 0 Å². The second-order valence-electron chi connectivity index (χ2n) is 9.35. The summed E-state index contributed by atoms with van der Waals surface area (Å²) in [5.41, 5.74) is 4.35. The number of ether oxygens (including phenoxy) is 1. The van der Waals surface area contributed by atoms with Crippen LogP contribution in [0.15, 0.2) is 83.4 Å². The van der Waals surface area contributed by atoms with Gasteiger partial charge in [0, 0.05) is 5.69 Å². The Labute approximate surface area is 228 Å². The van der Waals surface area contributed by atoms with E-state index in [0.717, 1.165) is 17.5 Å². The number of thioether (sulfide) groups is 1. The predicted molar refractivity (Wildman–Crippen MR) is 153 cm³/mol. The molecule has 1 aliphatic rings. The van der Waals surface area contributed by atoms with Gasteiger partial charge in [-0.2, -0.15) is 5.26 Å². The topological polar surface area (TPSA) is 82.4 Å². The highest BCUT2D eigenvalue weighted by atomic mass is 32.2. The zero-order chi connectivity index (χ0) is 27.2. The molecule has 38 heavy (non-hydrogen) atoms. The van der Waals surface area contributed by atoms with Crippen molar-refractivity contribution in [3.63, 3.8) is 0 Å². The Bertz CT molecular complexity index is 1390. The molecule has 7 heteroatoms. The monoisotopic (exact) mass is 525 g/mol. The average Bonchev–Trinajstić information content (AvgIpc) is 3.24. The molecule has 1 saturated heterocycles. The minimum Gasteiger partial charge on any atom is -0.495 e. The molecule has 194 valence electrons. The maximum atomic E-state index is 13.8. The van der Waals surface area contributed by atoms with Crippen LogP contribution in [0.2, 0.25) is 0 Å². The number of methoxy groups -OCH3 is 1. The van der Waals surface area contributed by atoms with Crippen molar-refractivity contribution in [3.8, 4) is 11.8 Å². The van der Waals surface area contributed by atoms with Crippen LogP contribution in [0.25, 0.3) is 0 Å². The quantitative estimate of drug-likeness (QED) is 0.270. The molecule has 6 nitrogen and oxygen atoms in total. The number of hydrogen-bond donors (Lipinski definition) is 1. The molecular formula is C31H31N3O3S. The molecule has 0 saturated carbocycles. The third-order valence-corrected chi connectivity index (χ3v) is 7.79. The van der Waals surface area contributed by atoms with Gasteiger partial charge in [-0.1, -0.05) is 81.1 Å². The van der Waals surface area contributed by atoms with Crippen molar-refractivity contribution < 1.29 is 14.3 Å². The third kappa shape index (κ3) is 5.76. The average molecular weight is 526 g/mol. The van der Waals surface area contributed by atoms with Crippen LogP contribution in [0.3, 0.4) is 0 Å². The molecule has 3 aromatic rings. The summed E-state index contributed by atoms with van der Waals surface area (Å²) in [6.45, 7) is 6.31. The molecule has 3 aromatic carbocycles. The standard InChI is InChI=1S/C31H31N3O3S/c1-5-21-10-12-22(13-11-21)18-28-30(36)34(24-16-14-23(15-17-24)20(2)3)31(38-28)25(19-32)29(35)33-26-8-6-7-9-27(26)37-4/h6-17,20,28H,5,18H2,1-4H3,(H,33,35)/b31-25-. The van der Waals surface area contributed by atoms with Crippen LogP contribution in [0, 0.1) is 11.3 Å². The molecule has 1 unspecified atom stereocenters. The lowest BCUT2D eigenvalue weighted by molar-refractivity contribution is -0.117. The zero-order valence-corrected chi connectivity index (χ0v) is 22.8. The summed E-state index contributed by atoms with van der Waals surface area (Å²) in [7, 11) is 1.51. The van der Waals surface area contributed by atoms with E-state index in [1.807, 2.05) is 36.4 Å². The number of para-hydroxylation sites is 2. The van der Waals surface area contributed by atoms with Crippen molar-refractivity contribution >= 4 is 35.0 Å². The van der Waals surface area contributed by atoms with E-state index in [2.05, 4.69) is 44.3 Å². The molecule has 1 heterocycles. The summed E-state index contributed by atoms with van der Waals surface area (Å²) in [6, 6.07) is 25.0. The van der Waals surface area contributed by atoms with Crippen molar-refractivity contribution in [2.45, 2.75) is 44.8 Å². The van der Waals surface area contributed by atoms with Gasteiger partial charge in [-0.3, -0.25) is 14.5 Å². The van der Waals surface area contributed by atoms with Gasteiger partial charge in [0.2, 0.25) is 5.91 Å². The largest absolute Gasteiger partial charge is 0.495 e. The third-order valence-electron chi connectivity index (χ3n) is 6.53. The number of benzene rings is 3. The van der Waals surface area contributed by atoms with Gasteiger partial charge < -0.3 is 10.1 Å². The Morgan fingerprint density at radius 1 is 1.05 bits per heavy atom. The van der Waals surface area contributed by atoms with Crippen LogP contribution < -0.4 is 15.0 Å². The lowest BCUT2D eigenvalue weighted by Gasteiger charge is -2.20. The van der Waals surface area contributed by atoms with E-state index < -0.39 is 11.2 Å². The highest BCUT2D eigenvalue weighted by Gasteiger charge is 2.41. The predicted octanol–water partition coefficient (Wildman–Crippen LogP) is 6.45. The Kier molecular flexibility index (Phi) is 8.55. The number of nitriles is 1. The van der Waals surface area contributed by atoms with Gasteiger partial charge in [-0.15, -0.1) is 0 Å². The number of carbonyl (C=O) groups excluding carboxylic acids is 2. The van der Waals surface area contributed by atoms with Crippen molar-refractivity contribution in [1.29, 1.82) is 5.26 Å². The van der Waals surface area contributed by atoms with Crippen LogP contribution in [0.4, 0.5) is 11.4 Å². The van der Waals surface area contributed by atoms with E-state index in [1.165, 1.54) is 29.3 Å². The van der Waals surface area contributed by atoms with Crippen molar-refractivity contribution in [2.24, 2.45) is 0 Å². The molecule has 4 rings (SSSR count). The molecule has 0 aliphatic carbocycles. The summed E-state index contributed by atoms with van der Waals surface area (Å²) in [6.07, 6.45) is 1.43. The first-order valence-corrected chi connectivity index (χ1v) is 13.5. The Hall–Kier alpha value is -4.02. The molecule has 0 spiro atoms. The van der Waals surface area contributed by atoms with Crippen LogP contribution in [-0.4, -0.2) is 24.2 Å². The second-order valence-corrected chi connectivity index (χ2v) is 10.5. The van der Waals surface area contributed by atoms with Crippen LogP contribution in [-0.2, 0) is 22.4 Å². The van der Waals surface area contributed by atoms with Crippen LogP contribution in [0.1, 0.15) is 43.4 Å². The number of nitrogens with one attached hydrogen (secondary N) is 1. The van der Waals surface area contributed by atoms with Crippen molar-refractivity contribution in [2.75, 3.05) is 17.3 Å². The van der Waals surface area contributed by atoms with Crippen molar-refractivity contribution in [1.82, 2.24) is 0 Å². The van der Waals surface area contributed by atoms with E-state index in [0.29, 0.717) is 34.5 Å². The molecule has 0 aromatic heterocycles. The number of anilines is 2. The zero-order valence-electron chi connectivity index (χ0n) is 22.0. The summed E-state index contributed by atoms with van der Waals surface area (Å²) < 4.78 is 5.34. The van der Waals surface area contributed by atoms with E-state index in [9.17, 15) is 14.9 Å². The van der Waals surface area contributed by atoms with Gasteiger partial charge in [-0.25, -0.2) is 0 Å². The summed E-state index contributed by atoms with van der Waals surface area (Å²) in [5.74, 6) is 0.0689. The minimum atomic E-state index is -0.593. The first-order valence-electron chi connectivity index (χ1n) is 12.6. The number of nitrogens with zero attached hydrogens (tertiary/aromatic N) is 2. The van der Waals surface area contributed by atoms with Gasteiger partial charge in [0.25, 0.3) is 5.91 Å². The van der Waals surface area contributed by atoms with E-state index in [4.69, 9.17) is 4.74 Å². The van der Waals surface area contributed by atoms with E-state index >= 15 is 0 Å². The molecule has 0 radical (unpaired) electrons. The van der Waals surface area contributed by atoms with Crippen LogP contribution >= 0.6 is 11.8 Å². The number of hydrogen-bond acceptors (Lipinski definition) is 5. The summed E-state index contributed by atoms with van der Waals surface area (Å²) in [4.78, 5) is 28.7. The summed E-state index contributed by atoms with van der Waals surface area (Å²) in [5, 5.41) is 12.8. The van der Waals surface area contributed by atoms with Gasteiger partial charge in [0.05, 0.1) is 18.0 Å². The lowest BCUT2D eigenvalue weighted by Crippen LogP contribution is -2.31. The molecule has 0 bridgehead atoms. The molecular weight excluding hydrogens is 494 g/mol. The fourth-order valence-electron chi connectivity index (χ4n) is 4.29. The number of aryl methyl sites for hydroxylation is 1.